The van der Waals surface area contributed by atoms with Crippen molar-refractivity contribution in [2.24, 2.45) is 0 Å². The number of ether oxygens (including phenoxy) is 2. The molecule has 0 amide bonds. The molecule has 2 heterocycles. The highest BCUT2D eigenvalue weighted by atomic mass is 32.2. The van der Waals surface area contributed by atoms with E-state index in [2.05, 4.69) is 9.88 Å². The van der Waals surface area contributed by atoms with Gasteiger partial charge in [0.25, 0.3) is 0 Å². The third-order valence-corrected chi connectivity index (χ3v) is 7.36. The molecule has 0 atom stereocenters. The summed E-state index contributed by atoms with van der Waals surface area (Å²) < 4.78 is 52.9. The lowest BCUT2D eigenvalue weighted by atomic mass is 10.2. The van der Waals surface area contributed by atoms with Crippen LogP contribution in [0.3, 0.4) is 0 Å². The van der Waals surface area contributed by atoms with E-state index in [-0.39, 0.29) is 18.0 Å². The number of aromatic nitrogens is 1. The Kier molecular flexibility index (Phi) is 8.23. The number of nitrogens with zero attached hydrogens (tertiary/aromatic N) is 3. The molecule has 0 spiro atoms. The van der Waals surface area contributed by atoms with Crippen LogP contribution < -0.4 is 4.74 Å². The first-order valence-electron chi connectivity index (χ1n) is 11.2. The molecule has 0 radical (unpaired) electrons. The summed E-state index contributed by atoms with van der Waals surface area (Å²) in [6.07, 6.45) is 1.63. The van der Waals surface area contributed by atoms with Crippen LogP contribution in [0.5, 0.6) is 5.75 Å². The van der Waals surface area contributed by atoms with Gasteiger partial charge in [-0.05, 0) is 54.1 Å². The predicted octanol–water partition coefficient (Wildman–Crippen LogP) is 3.32. The summed E-state index contributed by atoms with van der Waals surface area (Å²) in [6.45, 7) is 4.82. The zero-order valence-corrected chi connectivity index (χ0v) is 19.7. The fourth-order valence-corrected chi connectivity index (χ4v) is 5.11. The summed E-state index contributed by atoms with van der Waals surface area (Å²) in [5.74, 6) is 0.194. The average molecular weight is 486 g/mol. The van der Waals surface area contributed by atoms with Crippen molar-refractivity contribution in [2.45, 2.75) is 18.0 Å². The van der Waals surface area contributed by atoms with Gasteiger partial charge >= 0.3 is 0 Å². The molecule has 9 heteroatoms. The van der Waals surface area contributed by atoms with Crippen LogP contribution in [0.2, 0.25) is 0 Å². The Morgan fingerprint density at radius 1 is 1.00 bits per heavy atom. The summed E-state index contributed by atoms with van der Waals surface area (Å²) >= 11 is 0. The Hall–Kier alpha value is -2.85. The molecular weight excluding hydrogens is 457 g/mol. The lowest BCUT2D eigenvalue weighted by Crippen LogP contribution is -2.38. The molecule has 0 saturated carbocycles. The topological polar surface area (TPSA) is 72.0 Å². The van der Waals surface area contributed by atoms with Gasteiger partial charge in [0, 0.05) is 32.4 Å². The van der Waals surface area contributed by atoms with Crippen molar-refractivity contribution >= 4 is 10.0 Å². The molecule has 0 N–H and O–H groups in total. The summed E-state index contributed by atoms with van der Waals surface area (Å²) in [5, 5.41) is 0. The molecule has 1 aromatic heterocycles. The number of sulfonamides is 1. The molecular formula is C25H28FN3O4S. The average Bonchev–Trinajstić information content (AvgIpc) is 2.85. The number of hydrogen-bond donors (Lipinski definition) is 0. The molecule has 4 rings (SSSR count). The number of hydrogen-bond acceptors (Lipinski definition) is 6. The summed E-state index contributed by atoms with van der Waals surface area (Å²) in [7, 11) is -3.89. The molecule has 180 valence electrons. The molecule has 0 aliphatic carbocycles. The van der Waals surface area contributed by atoms with Gasteiger partial charge in [-0.15, -0.1) is 0 Å². The Morgan fingerprint density at radius 3 is 2.53 bits per heavy atom. The monoisotopic (exact) mass is 485 g/mol. The maximum atomic E-state index is 13.4. The molecule has 2 aromatic carbocycles. The third kappa shape index (κ3) is 6.60. The maximum Gasteiger partial charge on any atom is 0.243 e. The molecule has 0 unspecified atom stereocenters. The van der Waals surface area contributed by atoms with E-state index in [1.54, 1.807) is 18.3 Å². The number of morpholine rings is 1. The van der Waals surface area contributed by atoms with Crippen LogP contribution in [0.4, 0.5) is 4.39 Å². The largest absolute Gasteiger partial charge is 0.492 e. The van der Waals surface area contributed by atoms with E-state index in [0.29, 0.717) is 18.1 Å². The Morgan fingerprint density at radius 2 is 1.79 bits per heavy atom. The van der Waals surface area contributed by atoms with Gasteiger partial charge in [0.1, 0.15) is 18.2 Å². The van der Waals surface area contributed by atoms with Crippen LogP contribution in [0.1, 0.15) is 11.3 Å². The lowest BCUT2D eigenvalue weighted by molar-refractivity contribution is 0.0322. The zero-order valence-electron chi connectivity index (χ0n) is 18.8. The van der Waals surface area contributed by atoms with Crippen LogP contribution in [0.25, 0.3) is 0 Å². The van der Waals surface area contributed by atoms with E-state index >= 15 is 0 Å². The zero-order chi connectivity index (χ0) is 23.8. The number of rotatable bonds is 10. The molecule has 1 aliphatic rings. The van der Waals surface area contributed by atoms with E-state index < -0.39 is 15.8 Å². The van der Waals surface area contributed by atoms with E-state index in [9.17, 15) is 12.8 Å². The second kappa shape index (κ2) is 11.5. The van der Waals surface area contributed by atoms with Crippen LogP contribution >= 0.6 is 0 Å². The molecule has 1 aliphatic heterocycles. The van der Waals surface area contributed by atoms with Gasteiger partial charge in [0.2, 0.25) is 10.0 Å². The molecule has 1 saturated heterocycles. The minimum Gasteiger partial charge on any atom is -0.492 e. The van der Waals surface area contributed by atoms with Gasteiger partial charge in [-0.3, -0.25) is 9.88 Å². The van der Waals surface area contributed by atoms with E-state index in [0.717, 1.165) is 50.5 Å². The van der Waals surface area contributed by atoms with Crippen molar-refractivity contribution in [3.63, 3.8) is 0 Å². The van der Waals surface area contributed by atoms with Crippen molar-refractivity contribution in [3.8, 4) is 5.75 Å². The van der Waals surface area contributed by atoms with Gasteiger partial charge in [-0.2, -0.15) is 4.31 Å². The highest BCUT2D eigenvalue weighted by molar-refractivity contribution is 7.89. The first kappa shape index (κ1) is 24.3. The van der Waals surface area contributed by atoms with E-state index in [1.807, 2.05) is 30.3 Å². The standard InChI is InChI=1S/C25H28FN3O4S/c26-22-7-9-25(10-8-22)34(30,31)29(20-23-5-1-2-11-27-23)19-21-4-3-6-24(18-21)33-17-14-28-12-15-32-16-13-28/h1-11,18H,12-17,19-20H2. The van der Waals surface area contributed by atoms with Crippen molar-refractivity contribution in [1.29, 1.82) is 0 Å². The quantitative estimate of drug-likeness (QED) is 0.439. The summed E-state index contributed by atoms with van der Waals surface area (Å²) in [4.78, 5) is 6.60. The number of halogens is 1. The normalized spacial score (nSPS) is 14.9. The van der Waals surface area contributed by atoms with Crippen molar-refractivity contribution in [2.75, 3.05) is 39.5 Å². The Labute approximate surface area is 199 Å². The van der Waals surface area contributed by atoms with Crippen LogP contribution in [-0.2, 0) is 27.8 Å². The fourth-order valence-electron chi connectivity index (χ4n) is 3.71. The summed E-state index contributed by atoms with van der Waals surface area (Å²) in [6, 6.07) is 17.6. The molecule has 1 fully saturated rings. The van der Waals surface area contributed by atoms with Crippen LogP contribution in [0.15, 0.2) is 77.8 Å². The summed E-state index contributed by atoms with van der Waals surface area (Å²) in [5.41, 5.74) is 1.40. The van der Waals surface area contributed by atoms with Crippen molar-refractivity contribution in [1.82, 2.24) is 14.2 Å². The Balaban J connectivity index is 1.49. The van der Waals surface area contributed by atoms with E-state index in [1.165, 1.54) is 16.4 Å². The second-order valence-electron chi connectivity index (χ2n) is 8.00. The minimum absolute atomic E-state index is 0.0303. The SMILES string of the molecule is O=S(=O)(c1ccc(F)cc1)N(Cc1cccc(OCCN2CCOCC2)c1)Cc1ccccn1. The highest BCUT2D eigenvalue weighted by Crippen LogP contribution is 2.23. The first-order chi connectivity index (χ1) is 16.5. The molecule has 34 heavy (non-hydrogen) atoms. The smallest absolute Gasteiger partial charge is 0.243 e. The lowest BCUT2D eigenvalue weighted by Gasteiger charge is -2.26. The highest BCUT2D eigenvalue weighted by Gasteiger charge is 2.25. The van der Waals surface area contributed by atoms with E-state index in [4.69, 9.17) is 9.47 Å². The predicted molar refractivity (Wildman–Crippen MR) is 126 cm³/mol. The van der Waals surface area contributed by atoms with Gasteiger partial charge in [0.15, 0.2) is 0 Å². The van der Waals surface area contributed by atoms with Gasteiger partial charge in [0.05, 0.1) is 30.3 Å². The van der Waals surface area contributed by atoms with Gasteiger partial charge < -0.3 is 9.47 Å². The van der Waals surface area contributed by atoms with Crippen LogP contribution in [-0.4, -0.2) is 62.1 Å². The number of benzene rings is 2. The van der Waals surface area contributed by atoms with Gasteiger partial charge in [-0.1, -0.05) is 18.2 Å². The molecule has 0 bridgehead atoms. The van der Waals surface area contributed by atoms with Crippen molar-refractivity contribution < 1.29 is 22.3 Å². The third-order valence-electron chi connectivity index (χ3n) is 5.55. The van der Waals surface area contributed by atoms with Crippen molar-refractivity contribution in [3.05, 3.63) is 90.0 Å². The number of pyridine rings is 1. The first-order valence-corrected chi connectivity index (χ1v) is 12.6. The maximum absolute atomic E-state index is 13.4. The minimum atomic E-state index is -3.89. The molecule has 7 nitrogen and oxygen atoms in total. The van der Waals surface area contributed by atoms with Gasteiger partial charge in [-0.25, -0.2) is 12.8 Å². The molecule has 3 aromatic rings. The second-order valence-corrected chi connectivity index (χ2v) is 9.94. The van der Waals surface area contributed by atoms with Crippen LogP contribution in [0, 0.1) is 5.82 Å². The Bertz CT molecular complexity index is 1150. The fraction of sp³-hybridized carbons (Fsp3) is 0.320.